The number of ether oxygens (including phenoxy) is 1. The van der Waals surface area contributed by atoms with Gasteiger partial charge in [0.15, 0.2) is 0 Å². The minimum absolute atomic E-state index is 0.0266. The first-order chi connectivity index (χ1) is 15.6. The fourth-order valence-corrected chi connectivity index (χ4v) is 4.01. The van der Waals surface area contributed by atoms with Gasteiger partial charge in [-0.05, 0) is 42.3 Å². The van der Waals surface area contributed by atoms with Gasteiger partial charge in [0.25, 0.3) is 0 Å². The molecule has 2 aromatic heterocycles. The van der Waals surface area contributed by atoms with Gasteiger partial charge in [0, 0.05) is 47.4 Å². The first-order valence-electron chi connectivity index (χ1n) is 10.3. The van der Waals surface area contributed by atoms with Crippen molar-refractivity contribution in [3.63, 3.8) is 0 Å². The lowest BCUT2D eigenvalue weighted by Crippen LogP contribution is -2.27. The van der Waals surface area contributed by atoms with Gasteiger partial charge < -0.3 is 14.5 Å². The maximum Gasteiger partial charge on any atom is 0.220 e. The molecule has 2 aromatic carbocycles. The summed E-state index contributed by atoms with van der Waals surface area (Å²) >= 11 is 12.5. The van der Waals surface area contributed by atoms with E-state index in [4.69, 9.17) is 32.9 Å². The normalized spacial score (nSPS) is 11.1. The lowest BCUT2D eigenvalue weighted by Gasteiger charge is -2.09. The van der Waals surface area contributed by atoms with Crippen molar-refractivity contribution in [1.29, 1.82) is 0 Å². The van der Waals surface area contributed by atoms with Crippen LogP contribution in [0.3, 0.4) is 0 Å². The van der Waals surface area contributed by atoms with Crippen LogP contribution in [0, 0.1) is 0 Å². The van der Waals surface area contributed by atoms with Gasteiger partial charge in [0.2, 0.25) is 5.91 Å². The first-order valence-corrected chi connectivity index (χ1v) is 11.1. The molecular weight excluding hydrogens is 445 g/mol. The van der Waals surface area contributed by atoms with Crippen LogP contribution in [0.5, 0.6) is 0 Å². The topological polar surface area (TPSA) is 55.6 Å². The summed E-state index contributed by atoms with van der Waals surface area (Å²) < 4.78 is 7.05. The Kier molecular flexibility index (Phi) is 7.10. The molecule has 7 heteroatoms. The number of amides is 1. The van der Waals surface area contributed by atoms with Gasteiger partial charge in [-0.25, -0.2) is 4.98 Å². The van der Waals surface area contributed by atoms with Gasteiger partial charge in [0.05, 0.1) is 18.0 Å². The van der Waals surface area contributed by atoms with E-state index in [1.54, 1.807) is 7.11 Å². The first kappa shape index (κ1) is 22.3. The second kappa shape index (κ2) is 10.2. The Morgan fingerprint density at radius 2 is 1.78 bits per heavy atom. The third-order valence-corrected chi connectivity index (χ3v) is 5.82. The monoisotopic (exact) mass is 467 g/mol. The number of nitrogens with one attached hydrogen (secondary N) is 1. The number of hydrogen-bond acceptors (Lipinski definition) is 3. The molecular formula is C25H23Cl2N3O2. The van der Waals surface area contributed by atoms with E-state index in [2.05, 4.69) is 5.32 Å². The van der Waals surface area contributed by atoms with Crippen molar-refractivity contribution in [1.82, 2.24) is 14.7 Å². The number of methoxy groups -OCH3 is 1. The van der Waals surface area contributed by atoms with Crippen molar-refractivity contribution in [2.24, 2.45) is 0 Å². The average Bonchev–Trinajstić information content (AvgIpc) is 3.16. The van der Waals surface area contributed by atoms with Gasteiger partial charge in [0.1, 0.15) is 5.65 Å². The molecule has 1 N–H and O–H groups in total. The van der Waals surface area contributed by atoms with Gasteiger partial charge in [-0.15, -0.1) is 0 Å². The summed E-state index contributed by atoms with van der Waals surface area (Å²) in [5, 5.41) is 4.23. The van der Waals surface area contributed by atoms with Crippen LogP contribution in [0.25, 0.3) is 28.0 Å². The molecule has 0 aliphatic carbocycles. The number of pyridine rings is 1. The van der Waals surface area contributed by atoms with Gasteiger partial charge >= 0.3 is 0 Å². The molecule has 164 valence electrons. The van der Waals surface area contributed by atoms with Crippen molar-refractivity contribution >= 4 is 34.8 Å². The van der Waals surface area contributed by atoms with Crippen LogP contribution in [-0.2, 0) is 16.0 Å². The summed E-state index contributed by atoms with van der Waals surface area (Å²) in [6, 6.07) is 19.3. The zero-order valence-electron chi connectivity index (χ0n) is 17.6. The van der Waals surface area contributed by atoms with Crippen molar-refractivity contribution in [3.8, 4) is 22.4 Å². The summed E-state index contributed by atoms with van der Waals surface area (Å²) in [4.78, 5) is 17.2. The number of hydrogen-bond donors (Lipinski definition) is 1. The Bertz CT molecular complexity index is 1240. The van der Waals surface area contributed by atoms with Crippen LogP contribution in [-0.4, -0.2) is 35.6 Å². The van der Waals surface area contributed by atoms with Crippen LogP contribution in [0.4, 0.5) is 0 Å². The number of aryl methyl sites for hydroxylation is 1. The number of rotatable bonds is 8. The molecule has 0 aliphatic heterocycles. The lowest BCUT2D eigenvalue weighted by molar-refractivity contribution is -0.121. The molecule has 0 unspecified atom stereocenters. The summed E-state index contributed by atoms with van der Waals surface area (Å²) in [5.74, 6) is -0.0266. The quantitative estimate of drug-likeness (QED) is 0.339. The minimum atomic E-state index is -0.0266. The Morgan fingerprint density at radius 1 is 1.03 bits per heavy atom. The third-order valence-electron chi connectivity index (χ3n) is 5.24. The predicted octanol–water partition coefficient (Wildman–Crippen LogP) is 5.67. The molecule has 0 saturated carbocycles. The van der Waals surface area contributed by atoms with Crippen LogP contribution >= 0.6 is 23.2 Å². The third kappa shape index (κ3) is 4.96. The number of halogens is 2. The predicted molar refractivity (Wildman–Crippen MR) is 129 cm³/mol. The minimum Gasteiger partial charge on any atom is -0.383 e. The van der Waals surface area contributed by atoms with E-state index in [-0.39, 0.29) is 5.91 Å². The maximum absolute atomic E-state index is 12.3. The van der Waals surface area contributed by atoms with E-state index >= 15 is 0 Å². The van der Waals surface area contributed by atoms with E-state index in [0.29, 0.717) is 36.0 Å². The van der Waals surface area contributed by atoms with Crippen LogP contribution in [0.1, 0.15) is 12.1 Å². The fourth-order valence-electron chi connectivity index (χ4n) is 3.64. The van der Waals surface area contributed by atoms with E-state index in [1.807, 2.05) is 71.3 Å². The number of carbonyl (C=O) groups is 1. The smallest absolute Gasteiger partial charge is 0.220 e. The van der Waals surface area contributed by atoms with Gasteiger partial charge in [-0.1, -0.05) is 53.5 Å². The van der Waals surface area contributed by atoms with Crippen molar-refractivity contribution in [2.45, 2.75) is 12.8 Å². The second-order valence-electron chi connectivity index (χ2n) is 7.38. The van der Waals surface area contributed by atoms with Crippen molar-refractivity contribution < 1.29 is 9.53 Å². The number of aromatic nitrogens is 2. The molecule has 32 heavy (non-hydrogen) atoms. The standard InChI is InChI=1S/C25H23Cl2N3O2/c1-32-15-14-28-24(31)13-11-22-25(17-6-9-19(26)10-7-17)29-23-12-8-18(16-30(22)23)20-4-2-3-5-21(20)27/h2-10,12,16H,11,13-15H2,1H3,(H,28,31). The van der Waals surface area contributed by atoms with E-state index in [0.717, 1.165) is 33.7 Å². The molecule has 0 spiro atoms. The van der Waals surface area contributed by atoms with Gasteiger partial charge in [-0.2, -0.15) is 0 Å². The average molecular weight is 468 g/mol. The molecule has 4 aromatic rings. The summed E-state index contributed by atoms with van der Waals surface area (Å²) in [7, 11) is 1.61. The zero-order chi connectivity index (χ0) is 22.5. The number of imidazole rings is 1. The van der Waals surface area contributed by atoms with E-state index < -0.39 is 0 Å². The highest BCUT2D eigenvalue weighted by atomic mass is 35.5. The molecule has 0 bridgehead atoms. The van der Waals surface area contributed by atoms with Crippen molar-refractivity contribution in [2.75, 3.05) is 20.3 Å². The molecule has 0 atom stereocenters. The molecule has 5 nitrogen and oxygen atoms in total. The molecule has 0 fully saturated rings. The van der Waals surface area contributed by atoms with Crippen LogP contribution < -0.4 is 5.32 Å². The fraction of sp³-hybridized carbons (Fsp3) is 0.200. The summed E-state index contributed by atoms with van der Waals surface area (Å²) in [5.41, 5.74) is 5.48. The van der Waals surface area contributed by atoms with Gasteiger partial charge in [-0.3, -0.25) is 4.79 Å². The highest BCUT2D eigenvalue weighted by Gasteiger charge is 2.16. The van der Waals surface area contributed by atoms with E-state index in [9.17, 15) is 4.79 Å². The number of nitrogens with zero attached hydrogens (tertiary/aromatic N) is 2. The second-order valence-corrected chi connectivity index (χ2v) is 8.23. The zero-order valence-corrected chi connectivity index (χ0v) is 19.2. The molecule has 4 rings (SSSR count). The van der Waals surface area contributed by atoms with E-state index in [1.165, 1.54) is 0 Å². The largest absolute Gasteiger partial charge is 0.383 e. The Labute approximate surface area is 197 Å². The number of benzene rings is 2. The highest BCUT2D eigenvalue weighted by Crippen LogP contribution is 2.31. The SMILES string of the molecule is COCCNC(=O)CCc1c(-c2ccc(Cl)cc2)nc2ccc(-c3ccccc3Cl)cn12. The molecule has 0 radical (unpaired) electrons. The number of carbonyl (C=O) groups excluding carboxylic acids is 1. The maximum atomic E-state index is 12.3. The Hall–Kier alpha value is -2.86. The summed E-state index contributed by atoms with van der Waals surface area (Å²) in [6.07, 6.45) is 2.90. The molecule has 2 heterocycles. The van der Waals surface area contributed by atoms with Crippen LogP contribution in [0.15, 0.2) is 66.9 Å². The molecule has 0 saturated heterocycles. The molecule has 1 amide bonds. The highest BCUT2D eigenvalue weighted by molar-refractivity contribution is 6.33. The lowest BCUT2D eigenvalue weighted by atomic mass is 10.1. The molecule has 0 aliphatic rings. The number of fused-ring (bicyclic) bond motifs is 1. The Balaban J connectivity index is 1.74. The van der Waals surface area contributed by atoms with Crippen LogP contribution in [0.2, 0.25) is 10.0 Å². The Morgan fingerprint density at radius 3 is 2.53 bits per heavy atom. The van der Waals surface area contributed by atoms with Crippen molar-refractivity contribution in [3.05, 3.63) is 82.6 Å². The summed E-state index contributed by atoms with van der Waals surface area (Å²) in [6.45, 7) is 0.974.